The quantitative estimate of drug-likeness (QED) is 0.788. The Morgan fingerprint density at radius 3 is 2.62 bits per heavy atom. The summed E-state index contributed by atoms with van der Waals surface area (Å²) in [6.07, 6.45) is 5.30. The van der Waals surface area contributed by atoms with E-state index in [4.69, 9.17) is 0 Å². The maximum absolute atomic E-state index is 12.8. The third-order valence-corrected chi connectivity index (χ3v) is 4.75. The van der Waals surface area contributed by atoms with E-state index in [-0.39, 0.29) is 18.5 Å². The van der Waals surface area contributed by atoms with Crippen LogP contribution in [0, 0.1) is 0 Å². The average molecular weight is 347 g/mol. The van der Waals surface area contributed by atoms with Crippen molar-refractivity contribution in [3.63, 3.8) is 0 Å². The zero-order valence-corrected chi connectivity index (χ0v) is 14.7. The first-order valence-corrected chi connectivity index (χ1v) is 8.83. The fraction of sp³-hybridized carbons (Fsp3) is 0.250. The Morgan fingerprint density at radius 1 is 1.12 bits per heavy atom. The van der Waals surface area contributed by atoms with Gasteiger partial charge < -0.3 is 10.2 Å². The van der Waals surface area contributed by atoms with Crippen molar-refractivity contribution >= 4 is 17.3 Å². The van der Waals surface area contributed by atoms with Crippen molar-refractivity contribution in [3.05, 3.63) is 66.5 Å². The molecular weight excluding hydrogens is 326 g/mol. The summed E-state index contributed by atoms with van der Waals surface area (Å²) in [7, 11) is 0. The van der Waals surface area contributed by atoms with E-state index in [1.807, 2.05) is 47.4 Å². The highest BCUT2D eigenvalue weighted by atomic mass is 16.2. The Hall–Kier alpha value is -3.15. The summed E-state index contributed by atoms with van der Waals surface area (Å²) >= 11 is 0. The molecule has 3 aromatic rings. The van der Waals surface area contributed by atoms with Gasteiger partial charge in [0.2, 0.25) is 5.91 Å². The number of hydrogen-bond donors (Lipinski definition) is 1. The Morgan fingerprint density at radius 2 is 1.85 bits per heavy atom. The van der Waals surface area contributed by atoms with Crippen molar-refractivity contribution in [2.75, 3.05) is 16.8 Å². The van der Waals surface area contributed by atoms with E-state index in [0.717, 1.165) is 29.9 Å². The normalized spacial score (nSPS) is 16.2. The molecule has 0 aliphatic carbocycles. The van der Waals surface area contributed by atoms with Crippen LogP contribution in [-0.2, 0) is 11.2 Å². The minimum Gasteiger partial charge on any atom is -0.376 e. The third kappa shape index (κ3) is 3.18. The largest absolute Gasteiger partial charge is 0.376 e. The smallest absolute Gasteiger partial charge is 0.246 e. The molecular formula is C20H21N5O. The fourth-order valence-electron chi connectivity index (χ4n) is 3.39. The molecule has 0 fully saturated rings. The Balaban J connectivity index is 1.44. The molecule has 6 heteroatoms. The molecule has 1 N–H and O–H groups in total. The highest BCUT2D eigenvalue weighted by Crippen LogP contribution is 2.30. The van der Waals surface area contributed by atoms with Gasteiger partial charge in [-0.2, -0.15) is 15.0 Å². The molecule has 0 bridgehead atoms. The fourth-order valence-corrected chi connectivity index (χ4v) is 3.39. The SMILES string of the molecule is CC1CCc2ccccc2N1C(=O)CNc1ccc(-n2nccn2)cc1. The number of carbonyl (C=O) groups is 1. The lowest BCUT2D eigenvalue weighted by atomic mass is 9.96. The van der Waals surface area contributed by atoms with Crippen molar-refractivity contribution in [1.29, 1.82) is 0 Å². The molecule has 1 aromatic heterocycles. The van der Waals surface area contributed by atoms with E-state index < -0.39 is 0 Å². The van der Waals surface area contributed by atoms with E-state index in [0.29, 0.717) is 0 Å². The minimum atomic E-state index is 0.0856. The van der Waals surface area contributed by atoms with Gasteiger partial charge in [-0.25, -0.2) is 0 Å². The lowest BCUT2D eigenvalue weighted by Gasteiger charge is -2.35. The highest BCUT2D eigenvalue weighted by Gasteiger charge is 2.27. The molecule has 0 spiro atoms. The number of aryl methyl sites for hydroxylation is 1. The van der Waals surface area contributed by atoms with Crippen LogP contribution in [0.5, 0.6) is 0 Å². The Kier molecular flexibility index (Phi) is 4.39. The van der Waals surface area contributed by atoms with Crippen molar-refractivity contribution in [1.82, 2.24) is 15.0 Å². The molecule has 2 heterocycles. The van der Waals surface area contributed by atoms with E-state index in [9.17, 15) is 4.79 Å². The van der Waals surface area contributed by atoms with Crippen LogP contribution in [0.3, 0.4) is 0 Å². The standard InChI is InChI=1S/C20H21N5O/c1-15-6-7-16-4-2-3-5-19(16)24(15)20(26)14-21-17-8-10-18(11-9-17)25-22-12-13-23-25/h2-5,8-13,15,21H,6-7,14H2,1H3. The lowest BCUT2D eigenvalue weighted by Crippen LogP contribution is -2.44. The molecule has 1 aliphatic heterocycles. The van der Waals surface area contributed by atoms with E-state index in [2.05, 4.69) is 28.5 Å². The number of nitrogens with one attached hydrogen (secondary N) is 1. The number of benzene rings is 2. The summed E-state index contributed by atoms with van der Waals surface area (Å²) in [5, 5.41) is 11.4. The van der Waals surface area contributed by atoms with E-state index in [1.54, 1.807) is 17.2 Å². The molecule has 0 radical (unpaired) electrons. The van der Waals surface area contributed by atoms with Crippen molar-refractivity contribution in [2.45, 2.75) is 25.8 Å². The summed E-state index contributed by atoms with van der Waals surface area (Å²) < 4.78 is 0. The van der Waals surface area contributed by atoms with Crippen LogP contribution in [0.15, 0.2) is 60.9 Å². The van der Waals surface area contributed by atoms with Gasteiger partial charge in [0.1, 0.15) is 0 Å². The van der Waals surface area contributed by atoms with Gasteiger partial charge in [-0.1, -0.05) is 18.2 Å². The number of nitrogens with zero attached hydrogens (tertiary/aromatic N) is 4. The predicted molar refractivity (Wildman–Crippen MR) is 102 cm³/mol. The van der Waals surface area contributed by atoms with Crippen LogP contribution in [0.4, 0.5) is 11.4 Å². The van der Waals surface area contributed by atoms with Crippen LogP contribution in [-0.4, -0.2) is 33.5 Å². The summed E-state index contributed by atoms with van der Waals surface area (Å²) in [6.45, 7) is 2.37. The van der Waals surface area contributed by atoms with Gasteiger partial charge in [-0.15, -0.1) is 0 Å². The monoisotopic (exact) mass is 347 g/mol. The molecule has 1 amide bonds. The summed E-state index contributed by atoms with van der Waals surface area (Å²) in [5.41, 5.74) is 4.06. The zero-order valence-electron chi connectivity index (χ0n) is 14.7. The average Bonchev–Trinajstić information content (AvgIpc) is 3.21. The second-order valence-electron chi connectivity index (χ2n) is 6.50. The van der Waals surface area contributed by atoms with E-state index >= 15 is 0 Å². The highest BCUT2D eigenvalue weighted by molar-refractivity contribution is 5.97. The number of para-hydroxylation sites is 1. The number of hydrogen-bond acceptors (Lipinski definition) is 4. The number of aromatic nitrogens is 3. The van der Waals surface area contributed by atoms with Gasteiger partial charge >= 0.3 is 0 Å². The predicted octanol–water partition coefficient (Wildman–Crippen LogP) is 3.05. The molecule has 1 unspecified atom stereocenters. The minimum absolute atomic E-state index is 0.0856. The third-order valence-electron chi connectivity index (χ3n) is 4.75. The maximum Gasteiger partial charge on any atom is 0.246 e. The number of fused-ring (bicyclic) bond motifs is 1. The molecule has 4 rings (SSSR count). The van der Waals surface area contributed by atoms with Crippen molar-refractivity contribution in [3.8, 4) is 5.69 Å². The number of anilines is 2. The first kappa shape index (κ1) is 16.3. The molecule has 6 nitrogen and oxygen atoms in total. The second kappa shape index (κ2) is 7.00. The number of amides is 1. The van der Waals surface area contributed by atoms with Crippen LogP contribution in [0.2, 0.25) is 0 Å². The Bertz CT molecular complexity index is 889. The van der Waals surface area contributed by atoms with Crippen LogP contribution < -0.4 is 10.2 Å². The number of rotatable bonds is 4. The first-order valence-electron chi connectivity index (χ1n) is 8.83. The first-order chi connectivity index (χ1) is 12.7. The second-order valence-corrected chi connectivity index (χ2v) is 6.50. The van der Waals surface area contributed by atoms with Gasteiger partial charge in [-0.05, 0) is 55.7 Å². The molecule has 0 saturated carbocycles. The van der Waals surface area contributed by atoms with Gasteiger partial charge in [0.25, 0.3) is 0 Å². The molecule has 1 aliphatic rings. The summed E-state index contributed by atoms with van der Waals surface area (Å²) in [6, 6.07) is 16.1. The van der Waals surface area contributed by atoms with Crippen molar-refractivity contribution in [2.24, 2.45) is 0 Å². The maximum atomic E-state index is 12.8. The van der Waals surface area contributed by atoms with Gasteiger partial charge in [0.15, 0.2) is 0 Å². The molecule has 2 aromatic carbocycles. The van der Waals surface area contributed by atoms with Crippen LogP contribution in [0.1, 0.15) is 18.9 Å². The summed E-state index contributed by atoms with van der Waals surface area (Å²) in [5.74, 6) is 0.0856. The van der Waals surface area contributed by atoms with Crippen LogP contribution in [0.25, 0.3) is 5.69 Å². The summed E-state index contributed by atoms with van der Waals surface area (Å²) in [4.78, 5) is 16.3. The van der Waals surface area contributed by atoms with Gasteiger partial charge in [0, 0.05) is 17.4 Å². The molecule has 26 heavy (non-hydrogen) atoms. The van der Waals surface area contributed by atoms with Gasteiger partial charge in [0.05, 0.1) is 24.6 Å². The van der Waals surface area contributed by atoms with Crippen LogP contribution >= 0.6 is 0 Å². The zero-order chi connectivity index (χ0) is 17.9. The van der Waals surface area contributed by atoms with Crippen molar-refractivity contribution < 1.29 is 4.79 Å². The molecule has 132 valence electrons. The Labute approximate surface area is 152 Å². The number of carbonyl (C=O) groups excluding carboxylic acids is 1. The lowest BCUT2D eigenvalue weighted by molar-refractivity contribution is -0.117. The molecule has 0 saturated heterocycles. The molecule has 1 atom stereocenters. The van der Waals surface area contributed by atoms with E-state index in [1.165, 1.54) is 5.56 Å². The topological polar surface area (TPSA) is 63.1 Å². The van der Waals surface area contributed by atoms with Gasteiger partial charge in [-0.3, -0.25) is 4.79 Å².